The molecule has 3 aromatic rings. The fraction of sp³-hybridized carbons (Fsp3) is 0.231. The highest BCUT2D eigenvalue weighted by molar-refractivity contribution is 7.10. The van der Waals surface area contributed by atoms with Gasteiger partial charge in [-0.05, 0) is 23.4 Å². The summed E-state index contributed by atoms with van der Waals surface area (Å²) in [5, 5.41) is 2.13. The number of nitrogen functional groups attached to an aromatic ring is 1. The normalized spacial score (nSPS) is 14.2. The topological polar surface area (TPSA) is 85.8 Å². The molecule has 0 saturated heterocycles. The van der Waals surface area contributed by atoms with Crippen LogP contribution in [-0.4, -0.2) is 31.0 Å². The molecular formula is C13H13N7S. The van der Waals surface area contributed by atoms with Gasteiger partial charge in [0.1, 0.15) is 6.33 Å². The minimum atomic E-state index is 0.222. The lowest BCUT2D eigenvalue weighted by molar-refractivity contribution is 0.710. The summed E-state index contributed by atoms with van der Waals surface area (Å²) in [5.74, 6) is 1.33. The zero-order chi connectivity index (χ0) is 14.2. The van der Waals surface area contributed by atoms with E-state index in [9.17, 15) is 0 Å². The molecule has 4 rings (SSSR count). The van der Waals surface area contributed by atoms with Crippen LogP contribution in [0.3, 0.4) is 0 Å². The van der Waals surface area contributed by atoms with Crippen molar-refractivity contribution in [3.05, 3.63) is 40.6 Å². The van der Waals surface area contributed by atoms with Gasteiger partial charge < -0.3 is 10.6 Å². The molecule has 0 atom stereocenters. The smallest absolute Gasteiger partial charge is 0.241 e. The van der Waals surface area contributed by atoms with Gasteiger partial charge in [0.2, 0.25) is 17.8 Å². The Bertz CT molecular complexity index is 765. The third-order valence-corrected chi connectivity index (χ3v) is 4.48. The number of nitrogens with zero attached hydrogens (tertiary/aromatic N) is 6. The van der Waals surface area contributed by atoms with E-state index in [1.807, 2.05) is 11.3 Å². The molecule has 0 bridgehead atoms. The number of aromatic nitrogens is 5. The highest BCUT2D eigenvalue weighted by atomic mass is 32.1. The first-order valence-corrected chi connectivity index (χ1v) is 7.47. The predicted octanol–water partition coefficient (Wildman–Crippen LogP) is 1.26. The maximum atomic E-state index is 5.83. The van der Waals surface area contributed by atoms with Crippen LogP contribution in [0.1, 0.15) is 10.4 Å². The molecule has 0 fully saturated rings. The summed E-state index contributed by atoms with van der Waals surface area (Å²) in [5.41, 5.74) is 7.17. The van der Waals surface area contributed by atoms with Crippen molar-refractivity contribution in [3.8, 4) is 5.95 Å². The van der Waals surface area contributed by atoms with Crippen LogP contribution in [-0.2, 0) is 13.0 Å². The molecule has 2 N–H and O–H groups in total. The molecule has 0 spiro atoms. The highest BCUT2D eigenvalue weighted by Gasteiger charge is 2.20. The van der Waals surface area contributed by atoms with Crippen LogP contribution >= 0.6 is 11.3 Å². The molecule has 0 saturated carbocycles. The van der Waals surface area contributed by atoms with Gasteiger partial charge in [-0.25, -0.2) is 4.98 Å². The number of imidazole rings is 1. The fourth-order valence-corrected chi connectivity index (χ4v) is 3.31. The summed E-state index contributed by atoms with van der Waals surface area (Å²) in [7, 11) is 0. The summed E-state index contributed by atoms with van der Waals surface area (Å²) >= 11 is 1.81. The number of rotatable bonds is 2. The number of nitrogens with two attached hydrogens (primary N) is 1. The van der Waals surface area contributed by atoms with Crippen LogP contribution in [0, 0.1) is 0 Å². The second-order valence-electron chi connectivity index (χ2n) is 4.80. The van der Waals surface area contributed by atoms with Crippen LogP contribution in [0.25, 0.3) is 5.95 Å². The molecule has 1 aliphatic rings. The van der Waals surface area contributed by atoms with Crippen molar-refractivity contribution in [1.82, 2.24) is 24.5 Å². The van der Waals surface area contributed by atoms with Crippen molar-refractivity contribution in [2.75, 3.05) is 17.2 Å². The number of hydrogen-bond donors (Lipinski definition) is 1. The Hall–Kier alpha value is -2.48. The number of hydrogen-bond acceptors (Lipinski definition) is 7. The Kier molecular flexibility index (Phi) is 2.81. The van der Waals surface area contributed by atoms with Crippen LogP contribution in [0.15, 0.2) is 30.2 Å². The molecule has 8 heteroatoms. The van der Waals surface area contributed by atoms with Gasteiger partial charge in [-0.2, -0.15) is 15.0 Å². The van der Waals surface area contributed by atoms with Crippen LogP contribution in [0.2, 0.25) is 0 Å². The first kappa shape index (κ1) is 12.3. The van der Waals surface area contributed by atoms with E-state index in [1.165, 1.54) is 10.4 Å². The first-order chi connectivity index (χ1) is 10.3. The Labute approximate surface area is 125 Å². The minimum Gasteiger partial charge on any atom is -0.368 e. The van der Waals surface area contributed by atoms with Gasteiger partial charge in [-0.1, -0.05) is 0 Å². The SMILES string of the molecule is Nc1nc(N2CCc3sccc3C2)nc(-n2ccnc2)n1. The highest BCUT2D eigenvalue weighted by Crippen LogP contribution is 2.26. The molecule has 0 aliphatic carbocycles. The third kappa shape index (κ3) is 2.23. The number of anilines is 2. The van der Waals surface area contributed by atoms with Crippen molar-refractivity contribution in [3.63, 3.8) is 0 Å². The van der Waals surface area contributed by atoms with Crippen molar-refractivity contribution in [2.24, 2.45) is 0 Å². The lowest BCUT2D eigenvalue weighted by atomic mass is 10.1. The summed E-state index contributed by atoms with van der Waals surface area (Å²) in [6.45, 7) is 1.70. The van der Waals surface area contributed by atoms with Gasteiger partial charge in [-0.15, -0.1) is 11.3 Å². The second-order valence-corrected chi connectivity index (χ2v) is 5.80. The van der Waals surface area contributed by atoms with Crippen molar-refractivity contribution >= 4 is 23.2 Å². The van der Waals surface area contributed by atoms with E-state index in [1.54, 1.807) is 23.3 Å². The maximum Gasteiger partial charge on any atom is 0.241 e. The van der Waals surface area contributed by atoms with Gasteiger partial charge in [0, 0.05) is 30.4 Å². The van der Waals surface area contributed by atoms with Crippen molar-refractivity contribution < 1.29 is 0 Å². The molecule has 0 amide bonds. The molecule has 4 heterocycles. The zero-order valence-corrected chi connectivity index (χ0v) is 12.0. The van der Waals surface area contributed by atoms with E-state index in [0.29, 0.717) is 11.9 Å². The molecule has 0 aromatic carbocycles. The summed E-state index contributed by atoms with van der Waals surface area (Å²) in [6.07, 6.45) is 6.12. The Morgan fingerprint density at radius 2 is 2.10 bits per heavy atom. The van der Waals surface area contributed by atoms with Crippen LogP contribution in [0.5, 0.6) is 0 Å². The minimum absolute atomic E-state index is 0.222. The average molecular weight is 299 g/mol. The molecule has 0 radical (unpaired) electrons. The van der Waals surface area contributed by atoms with Gasteiger partial charge >= 0.3 is 0 Å². The molecule has 1 aliphatic heterocycles. The summed E-state index contributed by atoms with van der Waals surface area (Å²) < 4.78 is 1.72. The zero-order valence-electron chi connectivity index (χ0n) is 11.2. The summed E-state index contributed by atoms with van der Waals surface area (Å²) in [6, 6.07) is 2.16. The molecule has 7 nitrogen and oxygen atoms in total. The van der Waals surface area contributed by atoms with Gasteiger partial charge in [0.15, 0.2) is 0 Å². The lowest BCUT2D eigenvalue weighted by Crippen LogP contribution is -2.31. The monoisotopic (exact) mass is 299 g/mol. The molecule has 3 aromatic heterocycles. The fourth-order valence-electron chi connectivity index (χ4n) is 2.42. The molecule has 0 unspecified atom stereocenters. The molecule has 21 heavy (non-hydrogen) atoms. The second kappa shape index (κ2) is 4.81. The van der Waals surface area contributed by atoms with Gasteiger partial charge in [0.05, 0.1) is 0 Å². The standard InChI is InChI=1S/C13H13N7S/c14-11-16-12(18-13(17-11)20-5-3-15-8-20)19-4-1-10-9(7-19)2-6-21-10/h2-3,5-6,8H,1,4,7H2,(H2,14,16,17,18). The molecular weight excluding hydrogens is 286 g/mol. The average Bonchev–Trinajstić information content (AvgIpc) is 3.17. The lowest BCUT2D eigenvalue weighted by Gasteiger charge is -2.27. The van der Waals surface area contributed by atoms with E-state index >= 15 is 0 Å². The largest absolute Gasteiger partial charge is 0.368 e. The Balaban J connectivity index is 1.70. The third-order valence-electron chi connectivity index (χ3n) is 3.45. The Morgan fingerprint density at radius 1 is 1.19 bits per heavy atom. The van der Waals surface area contributed by atoms with Crippen molar-refractivity contribution in [1.29, 1.82) is 0 Å². The van der Waals surface area contributed by atoms with Crippen LogP contribution < -0.4 is 10.6 Å². The van der Waals surface area contributed by atoms with Gasteiger partial charge in [0.25, 0.3) is 0 Å². The van der Waals surface area contributed by atoms with Crippen molar-refractivity contribution in [2.45, 2.75) is 13.0 Å². The predicted molar refractivity (Wildman–Crippen MR) is 80.4 cm³/mol. The van der Waals surface area contributed by atoms with Gasteiger partial charge in [-0.3, -0.25) is 4.57 Å². The summed E-state index contributed by atoms with van der Waals surface area (Å²) in [4.78, 5) is 20.5. The molecule has 106 valence electrons. The van der Waals surface area contributed by atoms with E-state index in [-0.39, 0.29) is 5.95 Å². The maximum absolute atomic E-state index is 5.83. The number of thiophene rings is 1. The van der Waals surface area contributed by atoms with E-state index in [0.717, 1.165) is 19.5 Å². The van der Waals surface area contributed by atoms with E-state index in [4.69, 9.17) is 5.73 Å². The quantitative estimate of drug-likeness (QED) is 0.767. The van der Waals surface area contributed by atoms with E-state index < -0.39 is 0 Å². The van der Waals surface area contributed by atoms with E-state index in [2.05, 4.69) is 36.3 Å². The van der Waals surface area contributed by atoms with Crippen LogP contribution in [0.4, 0.5) is 11.9 Å². The Morgan fingerprint density at radius 3 is 2.95 bits per heavy atom. The number of fused-ring (bicyclic) bond motifs is 1. The first-order valence-electron chi connectivity index (χ1n) is 6.60.